The third kappa shape index (κ3) is 4.05. The molecule has 0 spiro atoms. The van der Waals surface area contributed by atoms with Crippen molar-refractivity contribution in [2.45, 2.75) is 51.4 Å². The molecular weight excluding hydrogens is 444 g/mol. The molecule has 0 radical (unpaired) electrons. The molecule has 1 aromatic carbocycles. The maximum absolute atomic E-state index is 13.4. The normalized spacial score (nSPS) is 18.1. The van der Waals surface area contributed by atoms with Crippen molar-refractivity contribution >= 4 is 11.4 Å². The van der Waals surface area contributed by atoms with Crippen molar-refractivity contribution in [1.29, 1.82) is 0 Å². The molecule has 1 unspecified atom stereocenters. The quantitative estimate of drug-likeness (QED) is 0.533. The number of rotatable bonds is 5. The van der Waals surface area contributed by atoms with Crippen LogP contribution in [-0.4, -0.2) is 37.9 Å². The Bertz CT molecular complexity index is 1290. The number of aromatic nitrogens is 5. The van der Waals surface area contributed by atoms with Gasteiger partial charge in [0.2, 0.25) is 0 Å². The Hall–Kier alpha value is -3.65. The molecule has 4 heterocycles. The molecule has 0 bridgehead atoms. The number of halogens is 2. The molecular formula is C23H23F2N7O2. The van der Waals surface area contributed by atoms with E-state index in [1.807, 2.05) is 4.90 Å². The van der Waals surface area contributed by atoms with Crippen LogP contribution in [-0.2, 0) is 24.2 Å². The van der Waals surface area contributed by atoms with E-state index in [4.69, 9.17) is 11.3 Å². The van der Waals surface area contributed by atoms with Gasteiger partial charge in [-0.15, -0.1) is 5.10 Å². The lowest BCUT2D eigenvalue weighted by Gasteiger charge is -2.30. The van der Waals surface area contributed by atoms with Gasteiger partial charge < -0.3 is 9.64 Å². The largest absolute Gasteiger partial charge is 0.372 e. The number of hydrogen-bond acceptors (Lipinski definition) is 6. The minimum absolute atomic E-state index is 0.00544. The van der Waals surface area contributed by atoms with Gasteiger partial charge in [0.05, 0.1) is 37.2 Å². The van der Waals surface area contributed by atoms with Gasteiger partial charge in [0.25, 0.3) is 17.7 Å². The predicted molar refractivity (Wildman–Crippen MR) is 119 cm³/mol. The highest BCUT2D eigenvalue weighted by Crippen LogP contribution is 2.31. The number of fused-ring (bicyclic) bond motifs is 1. The van der Waals surface area contributed by atoms with Gasteiger partial charge in [0.15, 0.2) is 6.23 Å². The number of benzene rings is 1. The Morgan fingerprint density at radius 3 is 2.88 bits per heavy atom. The topological polar surface area (TPSA) is 82.4 Å². The number of anilines is 1. The summed E-state index contributed by atoms with van der Waals surface area (Å²) in [5.41, 5.74) is 2.04. The Balaban J connectivity index is 1.39. The van der Waals surface area contributed by atoms with Crippen molar-refractivity contribution in [1.82, 2.24) is 24.8 Å². The summed E-state index contributed by atoms with van der Waals surface area (Å²) in [7, 11) is 0. The smallest absolute Gasteiger partial charge is 0.277 e. The second kappa shape index (κ2) is 9.30. The van der Waals surface area contributed by atoms with Crippen LogP contribution in [0.2, 0.25) is 0 Å². The van der Waals surface area contributed by atoms with Crippen LogP contribution in [0.25, 0.3) is 4.85 Å². The van der Waals surface area contributed by atoms with Crippen LogP contribution in [0.4, 0.5) is 20.2 Å². The molecule has 0 aliphatic carbocycles. The van der Waals surface area contributed by atoms with E-state index in [0.29, 0.717) is 49.5 Å². The van der Waals surface area contributed by atoms with Crippen molar-refractivity contribution in [3.8, 4) is 0 Å². The third-order valence-electron chi connectivity index (χ3n) is 6.33. The Kier molecular flexibility index (Phi) is 6.06. The summed E-state index contributed by atoms with van der Waals surface area (Å²) >= 11 is 0. The molecule has 3 aromatic rings. The lowest BCUT2D eigenvalue weighted by molar-refractivity contribution is -0.0422. The van der Waals surface area contributed by atoms with E-state index in [2.05, 4.69) is 20.3 Å². The second-order valence-corrected chi connectivity index (χ2v) is 8.37. The maximum Gasteiger partial charge on any atom is 0.277 e. The molecule has 2 aliphatic rings. The SMILES string of the molecule is [C-]#[N+]c1c(N2CCc3c(nnn3Cc3ccccc3C(F)F)C2)cnn(C2CCCCO2)c1=O. The first kappa shape index (κ1) is 22.2. The minimum Gasteiger partial charge on any atom is -0.372 e. The second-order valence-electron chi connectivity index (χ2n) is 8.37. The highest BCUT2D eigenvalue weighted by Gasteiger charge is 2.28. The lowest BCUT2D eigenvalue weighted by Crippen LogP contribution is -2.35. The van der Waals surface area contributed by atoms with Crippen LogP contribution >= 0.6 is 0 Å². The van der Waals surface area contributed by atoms with Gasteiger partial charge in [-0.2, -0.15) is 5.10 Å². The first-order valence-corrected chi connectivity index (χ1v) is 11.2. The summed E-state index contributed by atoms with van der Waals surface area (Å²) in [5, 5.41) is 12.8. The number of ether oxygens (including phenoxy) is 1. The molecule has 34 heavy (non-hydrogen) atoms. The van der Waals surface area contributed by atoms with E-state index in [9.17, 15) is 13.6 Å². The van der Waals surface area contributed by atoms with Crippen LogP contribution in [0, 0.1) is 6.57 Å². The molecule has 0 N–H and O–H groups in total. The Morgan fingerprint density at radius 2 is 2.12 bits per heavy atom. The summed E-state index contributed by atoms with van der Waals surface area (Å²) in [6, 6.07) is 6.41. The molecule has 11 heteroatoms. The van der Waals surface area contributed by atoms with E-state index in [-0.39, 0.29) is 17.8 Å². The zero-order chi connectivity index (χ0) is 23.7. The van der Waals surface area contributed by atoms with Crippen LogP contribution in [0.1, 0.15) is 54.4 Å². The summed E-state index contributed by atoms with van der Waals surface area (Å²) in [6.07, 6.45) is 1.66. The maximum atomic E-state index is 13.4. The molecule has 5 rings (SSSR count). The zero-order valence-electron chi connectivity index (χ0n) is 18.4. The van der Waals surface area contributed by atoms with E-state index in [1.54, 1.807) is 29.1 Å². The lowest BCUT2D eigenvalue weighted by atomic mass is 10.1. The third-order valence-corrected chi connectivity index (χ3v) is 6.33. The highest BCUT2D eigenvalue weighted by atomic mass is 19.3. The summed E-state index contributed by atoms with van der Waals surface area (Å²) < 4.78 is 35.3. The van der Waals surface area contributed by atoms with Crippen LogP contribution in [0.15, 0.2) is 35.3 Å². The summed E-state index contributed by atoms with van der Waals surface area (Å²) in [4.78, 5) is 18.4. The van der Waals surface area contributed by atoms with Gasteiger partial charge in [0, 0.05) is 25.1 Å². The van der Waals surface area contributed by atoms with Crippen molar-refractivity contribution in [3.63, 3.8) is 0 Å². The Morgan fingerprint density at radius 1 is 1.26 bits per heavy atom. The molecule has 9 nitrogen and oxygen atoms in total. The molecule has 1 atom stereocenters. The van der Waals surface area contributed by atoms with Crippen LogP contribution < -0.4 is 10.5 Å². The van der Waals surface area contributed by atoms with Crippen LogP contribution in [0.3, 0.4) is 0 Å². The van der Waals surface area contributed by atoms with E-state index in [0.717, 1.165) is 18.5 Å². The number of hydrogen-bond donors (Lipinski definition) is 0. The van der Waals surface area contributed by atoms with E-state index in [1.165, 1.54) is 10.7 Å². The summed E-state index contributed by atoms with van der Waals surface area (Å²) in [6.45, 7) is 9.24. The van der Waals surface area contributed by atoms with Gasteiger partial charge in [-0.1, -0.05) is 29.5 Å². The van der Waals surface area contributed by atoms with Gasteiger partial charge in [-0.3, -0.25) is 4.79 Å². The van der Waals surface area contributed by atoms with Crippen molar-refractivity contribution < 1.29 is 13.5 Å². The molecule has 1 saturated heterocycles. The Labute approximate surface area is 194 Å². The van der Waals surface area contributed by atoms with E-state index >= 15 is 0 Å². The fraction of sp³-hybridized carbons (Fsp3) is 0.435. The zero-order valence-corrected chi connectivity index (χ0v) is 18.4. The van der Waals surface area contributed by atoms with E-state index < -0.39 is 18.2 Å². The average Bonchev–Trinajstić information content (AvgIpc) is 3.26. The van der Waals surface area contributed by atoms with Gasteiger partial charge in [-0.05, 0) is 24.8 Å². The highest BCUT2D eigenvalue weighted by molar-refractivity contribution is 5.69. The monoisotopic (exact) mass is 467 g/mol. The molecule has 2 aliphatic heterocycles. The molecule has 1 fully saturated rings. The van der Waals surface area contributed by atoms with Crippen LogP contribution in [0.5, 0.6) is 0 Å². The number of alkyl halides is 2. The molecule has 2 aromatic heterocycles. The first-order valence-electron chi connectivity index (χ1n) is 11.2. The fourth-order valence-electron chi connectivity index (χ4n) is 4.56. The van der Waals surface area contributed by atoms with Crippen molar-refractivity contribution in [2.24, 2.45) is 0 Å². The van der Waals surface area contributed by atoms with Crippen molar-refractivity contribution in [2.75, 3.05) is 18.1 Å². The summed E-state index contributed by atoms with van der Waals surface area (Å²) in [5.74, 6) is 0. The van der Waals surface area contributed by atoms with Crippen molar-refractivity contribution in [3.05, 3.63) is 74.7 Å². The molecule has 0 saturated carbocycles. The predicted octanol–water partition coefficient (Wildman–Crippen LogP) is 3.63. The molecule has 0 amide bonds. The molecule has 176 valence electrons. The van der Waals surface area contributed by atoms with Gasteiger partial charge in [-0.25, -0.2) is 23.0 Å². The van der Waals surface area contributed by atoms with Gasteiger partial charge in [0.1, 0.15) is 5.69 Å². The standard InChI is InChI=1S/C23H23F2N7O2/c1-26-21-19(12-27-32(23(21)33)20-8-4-5-11-34-20)30-10-9-18-17(14-30)28-29-31(18)13-15-6-2-3-7-16(15)22(24)25/h2-3,6-7,12,20,22H,4-5,8-11,13-14H2. The minimum atomic E-state index is -2.56. The first-order chi connectivity index (χ1) is 16.6. The van der Waals surface area contributed by atoms with Gasteiger partial charge >= 0.3 is 0 Å². The number of nitrogens with zero attached hydrogens (tertiary/aromatic N) is 7. The fourth-order valence-corrected chi connectivity index (χ4v) is 4.56. The average molecular weight is 467 g/mol.